The molecule has 126 valence electrons. The third kappa shape index (κ3) is 3.78. The molecule has 0 amide bonds. The number of nitrogens with one attached hydrogen (secondary N) is 1. The number of benzene rings is 1. The van der Waals surface area contributed by atoms with Crippen molar-refractivity contribution in [1.82, 2.24) is 10.2 Å². The minimum absolute atomic E-state index is 0.369. The Balaban J connectivity index is 1.48. The first-order chi connectivity index (χ1) is 11.2. The molecule has 3 rings (SSSR count). The van der Waals surface area contributed by atoms with Crippen molar-refractivity contribution in [1.29, 1.82) is 0 Å². The van der Waals surface area contributed by atoms with Crippen LogP contribution in [0.25, 0.3) is 0 Å². The zero-order valence-corrected chi connectivity index (χ0v) is 14.2. The molecular weight excluding hydrogens is 290 g/mol. The predicted molar refractivity (Wildman–Crippen MR) is 92.1 cm³/mol. The van der Waals surface area contributed by atoms with E-state index in [9.17, 15) is 0 Å². The van der Waals surface area contributed by atoms with Crippen LogP contribution in [0, 0.1) is 5.41 Å². The maximum Gasteiger partial charge on any atom is 0.193 e. The van der Waals surface area contributed by atoms with Crippen LogP contribution >= 0.6 is 0 Å². The summed E-state index contributed by atoms with van der Waals surface area (Å²) in [6.45, 7) is 4.85. The second kappa shape index (κ2) is 7.21. The highest BCUT2D eigenvalue weighted by Crippen LogP contribution is 2.38. The number of nitrogens with zero attached hydrogens (tertiary/aromatic N) is 2. The van der Waals surface area contributed by atoms with Gasteiger partial charge >= 0.3 is 0 Å². The van der Waals surface area contributed by atoms with Gasteiger partial charge < -0.3 is 19.7 Å². The highest BCUT2D eigenvalue weighted by atomic mass is 16.5. The van der Waals surface area contributed by atoms with Crippen molar-refractivity contribution < 1.29 is 9.47 Å². The molecule has 5 nitrogen and oxygen atoms in total. The second-order valence-electron chi connectivity index (χ2n) is 6.55. The molecule has 2 fully saturated rings. The van der Waals surface area contributed by atoms with Crippen LogP contribution in [0.5, 0.6) is 5.75 Å². The molecule has 1 unspecified atom stereocenters. The lowest BCUT2D eigenvalue weighted by Gasteiger charge is -2.25. The quantitative estimate of drug-likeness (QED) is 0.681. The molecular formula is C18H27N3O2. The van der Waals surface area contributed by atoms with E-state index in [4.69, 9.17) is 9.47 Å². The van der Waals surface area contributed by atoms with Gasteiger partial charge in [-0.25, -0.2) is 0 Å². The third-order valence-electron chi connectivity index (χ3n) is 4.99. The Morgan fingerprint density at radius 3 is 2.83 bits per heavy atom. The van der Waals surface area contributed by atoms with Crippen LogP contribution in [0.4, 0.5) is 0 Å². The van der Waals surface area contributed by atoms with Gasteiger partial charge in [0.1, 0.15) is 5.75 Å². The molecule has 23 heavy (non-hydrogen) atoms. The standard InChI is InChI=1S/C18H27N3O2/c1-19-17(21-11-8-18(13-21)9-12-23-14-18)20-10-7-15-3-5-16(22-2)6-4-15/h3-6H,7-14H2,1-2H3,(H,19,20). The predicted octanol–water partition coefficient (Wildman–Crippen LogP) is 1.93. The van der Waals surface area contributed by atoms with E-state index in [1.807, 2.05) is 19.2 Å². The summed E-state index contributed by atoms with van der Waals surface area (Å²) in [5.41, 5.74) is 1.67. The zero-order valence-electron chi connectivity index (χ0n) is 14.2. The Morgan fingerprint density at radius 2 is 2.17 bits per heavy atom. The lowest BCUT2D eigenvalue weighted by atomic mass is 9.87. The van der Waals surface area contributed by atoms with Gasteiger partial charge in [-0.05, 0) is 37.0 Å². The fraction of sp³-hybridized carbons (Fsp3) is 0.611. The Morgan fingerprint density at radius 1 is 1.35 bits per heavy atom. The monoisotopic (exact) mass is 317 g/mol. The summed E-state index contributed by atoms with van der Waals surface area (Å²) < 4.78 is 10.8. The average molecular weight is 317 g/mol. The van der Waals surface area contributed by atoms with Crippen LogP contribution < -0.4 is 10.1 Å². The lowest BCUT2D eigenvalue weighted by Crippen LogP contribution is -2.42. The Kier molecular flexibility index (Phi) is 5.06. The van der Waals surface area contributed by atoms with Crippen molar-refractivity contribution in [3.05, 3.63) is 29.8 Å². The van der Waals surface area contributed by atoms with Crippen molar-refractivity contribution >= 4 is 5.96 Å². The highest BCUT2D eigenvalue weighted by Gasteiger charge is 2.42. The minimum atomic E-state index is 0.369. The molecule has 0 aromatic heterocycles. The van der Waals surface area contributed by atoms with E-state index in [0.717, 1.165) is 51.0 Å². The minimum Gasteiger partial charge on any atom is -0.497 e. The van der Waals surface area contributed by atoms with Crippen LogP contribution in [0.1, 0.15) is 18.4 Å². The molecule has 0 saturated carbocycles. The molecule has 0 aliphatic carbocycles. The zero-order chi connectivity index (χ0) is 16.1. The van der Waals surface area contributed by atoms with E-state index < -0.39 is 0 Å². The maximum absolute atomic E-state index is 5.60. The molecule has 1 atom stereocenters. The number of aliphatic imine (C=N–C) groups is 1. The Bertz CT molecular complexity index is 536. The average Bonchev–Trinajstić information content (AvgIpc) is 3.22. The first-order valence-corrected chi connectivity index (χ1v) is 8.41. The van der Waals surface area contributed by atoms with E-state index in [0.29, 0.717) is 5.41 Å². The van der Waals surface area contributed by atoms with Gasteiger partial charge in [-0.3, -0.25) is 4.99 Å². The van der Waals surface area contributed by atoms with Crippen LogP contribution in [0.2, 0.25) is 0 Å². The SMILES string of the molecule is CN=C(NCCc1ccc(OC)cc1)N1CCC2(CCOC2)C1. The van der Waals surface area contributed by atoms with Crippen LogP contribution in [-0.4, -0.2) is 57.9 Å². The molecule has 1 N–H and O–H groups in total. The van der Waals surface area contributed by atoms with Gasteiger partial charge in [-0.1, -0.05) is 12.1 Å². The topological polar surface area (TPSA) is 46.1 Å². The van der Waals surface area contributed by atoms with Gasteiger partial charge in [-0.15, -0.1) is 0 Å². The molecule has 2 heterocycles. The number of methoxy groups -OCH3 is 1. The fourth-order valence-electron chi connectivity index (χ4n) is 3.53. The highest BCUT2D eigenvalue weighted by molar-refractivity contribution is 5.80. The molecule has 0 bridgehead atoms. The number of rotatable bonds is 4. The second-order valence-corrected chi connectivity index (χ2v) is 6.55. The van der Waals surface area contributed by atoms with E-state index in [1.165, 1.54) is 18.4 Å². The molecule has 1 aromatic rings. The van der Waals surface area contributed by atoms with Crippen LogP contribution in [0.3, 0.4) is 0 Å². The molecule has 2 aliphatic heterocycles. The first kappa shape index (κ1) is 16.1. The van der Waals surface area contributed by atoms with Gasteiger partial charge in [0.05, 0.1) is 13.7 Å². The third-order valence-corrected chi connectivity index (χ3v) is 4.99. The summed E-state index contributed by atoms with van der Waals surface area (Å²) in [5, 5.41) is 3.50. The molecule has 2 saturated heterocycles. The molecule has 0 radical (unpaired) electrons. The Hall–Kier alpha value is -1.75. The molecule has 5 heteroatoms. The van der Waals surface area contributed by atoms with Crippen LogP contribution in [-0.2, 0) is 11.2 Å². The van der Waals surface area contributed by atoms with Crippen molar-refractivity contribution in [2.75, 3.05) is 47.0 Å². The van der Waals surface area contributed by atoms with Crippen molar-refractivity contribution in [3.63, 3.8) is 0 Å². The van der Waals surface area contributed by atoms with Gasteiger partial charge in [0.25, 0.3) is 0 Å². The Labute approximate surface area is 138 Å². The summed E-state index contributed by atoms with van der Waals surface area (Å²) in [7, 11) is 3.56. The number of guanidine groups is 1. The summed E-state index contributed by atoms with van der Waals surface area (Å²) in [5.74, 6) is 1.92. The van der Waals surface area contributed by atoms with Gasteiger partial charge in [-0.2, -0.15) is 0 Å². The first-order valence-electron chi connectivity index (χ1n) is 8.41. The number of hydrogen-bond donors (Lipinski definition) is 1. The molecule has 1 aromatic carbocycles. The van der Waals surface area contributed by atoms with Crippen molar-refractivity contribution in [3.8, 4) is 5.75 Å². The lowest BCUT2D eigenvalue weighted by molar-refractivity contribution is 0.156. The summed E-state index contributed by atoms with van der Waals surface area (Å²) in [6.07, 6.45) is 3.38. The summed E-state index contributed by atoms with van der Waals surface area (Å²) >= 11 is 0. The number of ether oxygens (including phenoxy) is 2. The number of hydrogen-bond acceptors (Lipinski definition) is 3. The smallest absolute Gasteiger partial charge is 0.193 e. The van der Waals surface area contributed by atoms with Crippen LogP contribution in [0.15, 0.2) is 29.3 Å². The van der Waals surface area contributed by atoms with E-state index >= 15 is 0 Å². The van der Waals surface area contributed by atoms with E-state index in [2.05, 4.69) is 27.3 Å². The molecule has 1 spiro atoms. The van der Waals surface area contributed by atoms with Gasteiger partial charge in [0, 0.05) is 38.7 Å². The van der Waals surface area contributed by atoms with Crippen molar-refractivity contribution in [2.45, 2.75) is 19.3 Å². The fourth-order valence-corrected chi connectivity index (χ4v) is 3.53. The molecule has 2 aliphatic rings. The maximum atomic E-state index is 5.60. The van der Waals surface area contributed by atoms with Gasteiger partial charge in [0.15, 0.2) is 5.96 Å². The summed E-state index contributed by atoms with van der Waals surface area (Å²) in [4.78, 5) is 6.83. The van der Waals surface area contributed by atoms with E-state index in [1.54, 1.807) is 7.11 Å². The van der Waals surface area contributed by atoms with Gasteiger partial charge in [0.2, 0.25) is 0 Å². The largest absolute Gasteiger partial charge is 0.497 e. The van der Waals surface area contributed by atoms with Crippen molar-refractivity contribution in [2.24, 2.45) is 10.4 Å². The normalized spacial score (nSPS) is 24.4. The summed E-state index contributed by atoms with van der Waals surface area (Å²) in [6, 6.07) is 8.25. The van der Waals surface area contributed by atoms with E-state index in [-0.39, 0.29) is 0 Å². The number of likely N-dealkylation sites (tertiary alicyclic amines) is 1.